The molecule has 3 aromatic carbocycles. The van der Waals surface area contributed by atoms with Crippen LogP contribution in [0.3, 0.4) is 0 Å². The number of aromatic nitrogens is 3. The molecule has 2 heterocycles. The van der Waals surface area contributed by atoms with E-state index in [1.54, 1.807) is 41.3 Å². The first-order valence-electron chi connectivity index (χ1n) is 11.9. The zero-order valence-electron chi connectivity index (χ0n) is 20.0. The quantitative estimate of drug-likeness (QED) is 0.316. The molecule has 0 bridgehead atoms. The SMILES string of the molecule is O=C(NCc1ccccn1)c1cccc(NC(=O)c2cn(Cc3ccccc3)nc2-c2ccccc2)c1. The van der Waals surface area contributed by atoms with Gasteiger partial charge in [0.1, 0.15) is 5.69 Å². The summed E-state index contributed by atoms with van der Waals surface area (Å²) in [6.45, 7) is 0.858. The van der Waals surface area contributed by atoms with E-state index in [1.165, 1.54) is 0 Å². The Kier molecular flexibility index (Phi) is 7.13. The molecule has 0 aliphatic carbocycles. The second-order valence-electron chi connectivity index (χ2n) is 8.48. The number of hydrogen-bond donors (Lipinski definition) is 2. The number of nitrogens with one attached hydrogen (secondary N) is 2. The molecule has 0 fully saturated rings. The molecule has 0 aliphatic heterocycles. The van der Waals surface area contributed by atoms with Gasteiger partial charge in [-0.05, 0) is 35.9 Å². The molecule has 0 spiro atoms. The lowest BCUT2D eigenvalue weighted by atomic mass is 10.1. The molecule has 0 unspecified atom stereocenters. The average molecular weight is 488 g/mol. The van der Waals surface area contributed by atoms with Crippen LogP contribution in [-0.4, -0.2) is 26.6 Å². The molecule has 2 N–H and O–H groups in total. The number of pyridine rings is 1. The molecule has 7 nitrogen and oxygen atoms in total. The Morgan fingerprint density at radius 1 is 0.784 bits per heavy atom. The van der Waals surface area contributed by atoms with Gasteiger partial charge in [-0.2, -0.15) is 5.10 Å². The van der Waals surface area contributed by atoms with Gasteiger partial charge in [0.2, 0.25) is 0 Å². The van der Waals surface area contributed by atoms with Crippen LogP contribution in [0.25, 0.3) is 11.3 Å². The van der Waals surface area contributed by atoms with E-state index in [1.807, 2.05) is 78.9 Å². The molecule has 7 heteroatoms. The van der Waals surface area contributed by atoms with Crippen LogP contribution in [0.5, 0.6) is 0 Å². The lowest BCUT2D eigenvalue weighted by Crippen LogP contribution is -2.23. The van der Waals surface area contributed by atoms with E-state index >= 15 is 0 Å². The van der Waals surface area contributed by atoms with Crippen molar-refractivity contribution in [2.45, 2.75) is 13.1 Å². The van der Waals surface area contributed by atoms with Crippen molar-refractivity contribution in [1.29, 1.82) is 0 Å². The number of benzene rings is 3. The molecule has 0 atom stereocenters. The normalized spacial score (nSPS) is 10.6. The van der Waals surface area contributed by atoms with Crippen molar-refractivity contribution in [2.24, 2.45) is 0 Å². The molecule has 182 valence electrons. The van der Waals surface area contributed by atoms with Crippen LogP contribution in [0.2, 0.25) is 0 Å². The van der Waals surface area contributed by atoms with Crippen molar-refractivity contribution in [1.82, 2.24) is 20.1 Å². The zero-order valence-corrected chi connectivity index (χ0v) is 20.0. The number of carbonyl (C=O) groups excluding carboxylic acids is 2. The fourth-order valence-corrected chi connectivity index (χ4v) is 3.96. The van der Waals surface area contributed by atoms with Gasteiger partial charge >= 0.3 is 0 Å². The Bertz CT molecular complexity index is 1500. The zero-order chi connectivity index (χ0) is 25.5. The van der Waals surface area contributed by atoms with Crippen molar-refractivity contribution >= 4 is 17.5 Å². The summed E-state index contributed by atoms with van der Waals surface area (Å²) in [6, 6.07) is 32.0. The molecule has 0 radical (unpaired) electrons. The minimum Gasteiger partial charge on any atom is -0.346 e. The van der Waals surface area contributed by atoms with Gasteiger partial charge in [0.05, 0.1) is 24.3 Å². The van der Waals surface area contributed by atoms with Gasteiger partial charge in [-0.3, -0.25) is 19.3 Å². The summed E-state index contributed by atoms with van der Waals surface area (Å²) in [5, 5.41) is 10.5. The number of anilines is 1. The third-order valence-electron chi connectivity index (χ3n) is 5.78. The van der Waals surface area contributed by atoms with E-state index in [4.69, 9.17) is 5.10 Å². The van der Waals surface area contributed by atoms with Gasteiger partial charge in [0, 0.05) is 29.2 Å². The van der Waals surface area contributed by atoms with Crippen LogP contribution >= 0.6 is 0 Å². The van der Waals surface area contributed by atoms with Crippen LogP contribution in [0.15, 0.2) is 116 Å². The molecule has 5 aromatic rings. The van der Waals surface area contributed by atoms with E-state index < -0.39 is 0 Å². The third kappa shape index (κ3) is 5.97. The Morgan fingerprint density at radius 3 is 2.30 bits per heavy atom. The van der Waals surface area contributed by atoms with E-state index in [2.05, 4.69) is 15.6 Å². The van der Waals surface area contributed by atoms with Gasteiger partial charge < -0.3 is 10.6 Å². The number of nitrogens with zero attached hydrogens (tertiary/aromatic N) is 3. The average Bonchev–Trinajstić information content (AvgIpc) is 3.37. The summed E-state index contributed by atoms with van der Waals surface area (Å²) in [4.78, 5) is 30.3. The molecular weight excluding hydrogens is 462 g/mol. The Balaban J connectivity index is 1.35. The van der Waals surface area contributed by atoms with Gasteiger partial charge in [-0.15, -0.1) is 0 Å². The van der Waals surface area contributed by atoms with Gasteiger partial charge in [-0.25, -0.2) is 0 Å². The fraction of sp³-hybridized carbons (Fsp3) is 0.0667. The van der Waals surface area contributed by atoms with E-state index in [-0.39, 0.29) is 11.8 Å². The van der Waals surface area contributed by atoms with Crippen molar-refractivity contribution < 1.29 is 9.59 Å². The first-order chi connectivity index (χ1) is 18.2. The molecule has 5 rings (SSSR count). The first-order valence-corrected chi connectivity index (χ1v) is 11.9. The highest BCUT2D eigenvalue weighted by Gasteiger charge is 2.19. The molecule has 0 saturated carbocycles. The summed E-state index contributed by atoms with van der Waals surface area (Å²) in [5.41, 5.74) is 4.71. The lowest BCUT2D eigenvalue weighted by Gasteiger charge is -2.08. The summed E-state index contributed by atoms with van der Waals surface area (Å²) in [7, 11) is 0. The maximum atomic E-state index is 13.4. The van der Waals surface area contributed by atoms with Crippen molar-refractivity contribution in [3.63, 3.8) is 0 Å². The molecule has 0 aliphatic rings. The topological polar surface area (TPSA) is 88.9 Å². The maximum Gasteiger partial charge on any atom is 0.259 e. The van der Waals surface area contributed by atoms with Crippen LogP contribution in [0, 0.1) is 0 Å². The Labute approximate surface area is 214 Å². The number of amides is 2. The minimum absolute atomic E-state index is 0.248. The molecule has 0 saturated heterocycles. The van der Waals surface area contributed by atoms with E-state index in [9.17, 15) is 9.59 Å². The fourth-order valence-electron chi connectivity index (χ4n) is 3.96. The smallest absolute Gasteiger partial charge is 0.259 e. The van der Waals surface area contributed by atoms with Crippen LogP contribution < -0.4 is 10.6 Å². The predicted molar refractivity (Wildman–Crippen MR) is 143 cm³/mol. The minimum atomic E-state index is -0.302. The second-order valence-corrected chi connectivity index (χ2v) is 8.48. The van der Waals surface area contributed by atoms with Gasteiger partial charge in [0.25, 0.3) is 11.8 Å². The Hall–Kier alpha value is -5.04. The summed E-state index contributed by atoms with van der Waals surface area (Å²) >= 11 is 0. The highest BCUT2D eigenvalue weighted by molar-refractivity contribution is 6.08. The molecule has 2 amide bonds. The van der Waals surface area contributed by atoms with Crippen molar-refractivity contribution in [3.8, 4) is 11.3 Å². The largest absolute Gasteiger partial charge is 0.346 e. The molecular formula is C30H25N5O2. The predicted octanol–water partition coefficient (Wildman–Crippen LogP) is 5.18. The summed E-state index contributed by atoms with van der Waals surface area (Å²) in [6.07, 6.45) is 3.44. The highest BCUT2D eigenvalue weighted by Crippen LogP contribution is 2.24. The monoisotopic (exact) mass is 487 g/mol. The number of hydrogen-bond acceptors (Lipinski definition) is 4. The van der Waals surface area contributed by atoms with Crippen LogP contribution in [0.4, 0.5) is 5.69 Å². The van der Waals surface area contributed by atoms with Crippen LogP contribution in [0.1, 0.15) is 32.0 Å². The van der Waals surface area contributed by atoms with E-state index in [0.717, 1.165) is 16.8 Å². The standard InChI is InChI=1S/C30H25N5O2/c36-29(32-19-26-15-7-8-17-31-26)24-14-9-16-25(18-24)33-30(37)27-21-35(20-22-10-3-1-4-11-22)34-28(27)23-12-5-2-6-13-23/h1-18,21H,19-20H2,(H,32,36)(H,33,37). The highest BCUT2D eigenvalue weighted by atomic mass is 16.2. The van der Waals surface area contributed by atoms with Gasteiger partial charge in [0.15, 0.2) is 0 Å². The third-order valence-corrected chi connectivity index (χ3v) is 5.78. The maximum absolute atomic E-state index is 13.4. The van der Waals surface area contributed by atoms with Gasteiger partial charge in [-0.1, -0.05) is 72.8 Å². The summed E-state index contributed by atoms with van der Waals surface area (Å²) in [5.74, 6) is -0.549. The molecule has 2 aromatic heterocycles. The lowest BCUT2D eigenvalue weighted by molar-refractivity contribution is 0.0949. The van der Waals surface area contributed by atoms with Crippen molar-refractivity contribution in [2.75, 3.05) is 5.32 Å². The van der Waals surface area contributed by atoms with E-state index in [0.29, 0.717) is 35.6 Å². The first kappa shape index (κ1) is 23.7. The molecule has 37 heavy (non-hydrogen) atoms. The number of rotatable bonds is 8. The van der Waals surface area contributed by atoms with Crippen molar-refractivity contribution in [3.05, 3.63) is 138 Å². The number of carbonyl (C=O) groups is 2. The summed E-state index contributed by atoms with van der Waals surface area (Å²) < 4.78 is 1.77. The van der Waals surface area contributed by atoms with Crippen LogP contribution in [-0.2, 0) is 13.1 Å². The Morgan fingerprint density at radius 2 is 1.54 bits per heavy atom. The second kappa shape index (κ2) is 11.1.